The quantitative estimate of drug-likeness (QED) is 0.413. The zero-order chi connectivity index (χ0) is 24.6. The predicted molar refractivity (Wildman–Crippen MR) is 134 cm³/mol. The molecule has 178 valence electrons. The van der Waals surface area contributed by atoms with Gasteiger partial charge < -0.3 is 10.1 Å². The largest absolute Gasteiger partial charge is 0.362 e. The second kappa shape index (κ2) is 9.26. The Morgan fingerprint density at radius 2 is 1.91 bits per heavy atom. The van der Waals surface area contributed by atoms with E-state index in [1.54, 1.807) is 24.4 Å². The fourth-order valence-electron chi connectivity index (χ4n) is 3.96. The van der Waals surface area contributed by atoms with Crippen molar-refractivity contribution in [1.29, 1.82) is 0 Å². The highest BCUT2D eigenvalue weighted by atomic mass is 35.5. The molecule has 7 nitrogen and oxygen atoms in total. The van der Waals surface area contributed by atoms with Crippen molar-refractivity contribution >= 4 is 49.7 Å². The van der Waals surface area contributed by atoms with Crippen LogP contribution >= 0.6 is 11.6 Å². The number of sulfonamides is 1. The average molecular weight is 512 g/mol. The molecule has 1 aliphatic heterocycles. The van der Waals surface area contributed by atoms with E-state index in [2.05, 4.69) is 10.3 Å². The Morgan fingerprint density at radius 1 is 1.09 bits per heavy atom. The van der Waals surface area contributed by atoms with Crippen LogP contribution in [0.15, 0.2) is 72.9 Å². The zero-order valence-corrected chi connectivity index (χ0v) is 19.8. The monoisotopic (exact) mass is 511 g/mol. The minimum absolute atomic E-state index is 0.0725. The SMILES string of the molecule is O=C(Nc1ccc(Cl)c(-c2nccc3ccccc23)c1)c1ccc(N2CCOCS2(=O)=O)cc1F. The molecule has 2 heterocycles. The van der Waals surface area contributed by atoms with Gasteiger partial charge in [-0.05, 0) is 47.9 Å². The number of fused-ring (bicyclic) bond motifs is 1. The third-order valence-electron chi connectivity index (χ3n) is 5.65. The molecule has 0 spiro atoms. The summed E-state index contributed by atoms with van der Waals surface area (Å²) in [5.74, 6) is -1.99. The van der Waals surface area contributed by atoms with E-state index in [1.807, 2.05) is 30.3 Å². The summed E-state index contributed by atoms with van der Waals surface area (Å²) in [6.07, 6.45) is 1.69. The van der Waals surface area contributed by atoms with Gasteiger partial charge in [0.15, 0.2) is 5.94 Å². The summed E-state index contributed by atoms with van der Waals surface area (Å²) in [7, 11) is -3.70. The van der Waals surface area contributed by atoms with E-state index < -0.39 is 27.7 Å². The van der Waals surface area contributed by atoms with Crippen molar-refractivity contribution in [3.05, 3.63) is 89.3 Å². The van der Waals surface area contributed by atoms with Gasteiger partial charge in [-0.25, -0.2) is 12.8 Å². The predicted octanol–water partition coefficient (Wildman–Crippen LogP) is 5.07. The highest BCUT2D eigenvalue weighted by Gasteiger charge is 2.28. The molecule has 0 atom stereocenters. The number of hydrogen-bond acceptors (Lipinski definition) is 5. The van der Waals surface area contributed by atoms with Gasteiger partial charge in [0.25, 0.3) is 15.9 Å². The van der Waals surface area contributed by atoms with E-state index in [-0.39, 0.29) is 24.4 Å². The summed E-state index contributed by atoms with van der Waals surface area (Å²) in [6.45, 7) is 0.274. The summed E-state index contributed by atoms with van der Waals surface area (Å²) < 4.78 is 45.3. The van der Waals surface area contributed by atoms with Crippen LogP contribution in [0.25, 0.3) is 22.0 Å². The van der Waals surface area contributed by atoms with Crippen LogP contribution in [-0.4, -0.2) is 38.4 Å². The average Bonchev–Trinajstić information content (AvgIpc) is 2.84. The van der Waals surface area contributed by atoms with E-state index in [9.17, 15) is 17.6 Å². The maximum absolute atomic E-state index is 14.8. The van der Waals surface area contributed by atoms with Crippen molar-refractivity contribution in [2.75, 3.05) is 28.7 Å². The molecule has 1 N–H and O–H groups in total. The highest BCUT2D eigenvalue weighted by Crippen LogP contribution is 2.34. The fraction of sp³-hybridized carbons (Fsp3) is 0.120. The molecule has 0 bridgehead atoms. The molecule has 0 aliphatic carbocycles. The number of benzene rings is 3. The molecular formula is C25H19ClFN3O4S. The third kappa shape index (κ3) is 4.58. The second-order valence-electron chi connectivity index (χ2n) is 7.90. The smallest absolute Gasteiger partial charge is 0.259 e. The van der Waals surface area contributed by atoms with Crippen LogP contribution in [0.5, 0.6) is 0 Å². The number of nitrogens with one attached hydrogen (secondary N) is 1. The van der Waals surface area contributed by atoms with Crippen molar-refractivity contribution < 1.29 is 22.3 Å². The minimum atomic E-state index is -3.70. The molecule has 10 heteroatoms. The van der Waals surface area contributed by atoms with Crippen molar-refractivity contribution in [2.24, 2.45) is 0 Å². The first-order valence-corrected chi connectivity index (χ1v) is 12.6. The Kier molecular flexibility index (Phi) is 6.14. The molecule has 0 radical (unpaired) electrons. The minimum Gasteiger partial charge on any atom is -0.362 e. The second-order valence-corrected chi connectivity index (χ2v) is 10.2. The number of anilines is 2. The molecular weight excluding hydrogens is 493 g/mol. The molecule has 1 amide bonds. The number of carbonyl (C=O) groups excluding carboxylic acids is 1. The summed E-state index contributed by atoms with van der Waals surface area (Å²) in [5.41, 5.74) is 1.60. The van der Waals surface area contributed by atoms with Crippen molar-refractivity contribution in [1.82, 2.24) is 4.98 Å². The molecule has 4 aromatic rings. The molecule has 0 unspecified atom stereocenters. The van der Waals surface area contributed by atoms with Gasteiger partial charge in [-0.15, -0.1) is 0 Å². The van der Waals surface area contributed by atoms with Crippen LogP contribution in [0.3, 0.4) is 0 Å². The molecule has 1 aromatic heterocycles. The van der Waals surface area contributed by atoms with E-state index in [4.69, 9.17) is 16.3 Å². The number of rotatable bonds is 4. The number of ether oxygens (including phenoxy) is 1. The van der Waals surface area contributed by atoms with Gasteiger partial charge in [0, 0.05) is 22.8 Å². The number of amides is 1. The number of halogens is 2. The molecule has 1 aliphatic rings. The van der Waals surface area contributed by atoms with Crippen LogP contribution in [0.4, 0.5) is 15.8 Å². The molecule has 1 saturated heterocycles. The lowest BCUT2D eigenvalue weighted by molar-refractivity contribution is 0.102. The first-order valence-electron chi connectivity index (χ1n) is 10.7. The third-order valence-corrected chi connectivity index (χ3v) is 7.50. The lowest BCUT2D eigenvalue weighted by Crippen LogP contribution is -2.41. The zero-order valence-electron chi connectivity index (χ0n) is 18.2. The Hall–Kier alpha value is -3.53. The maximum atomic E-state index is 14.8. The number of nitrogens with zero attached hydrogens (tertiary/aromatic N) is 2. The lowest BCUT2D eigenvalue weighted by Gasteiger charge is -2.28. The number of aromatic nitrogens is 1. The van der Waals surface area contributed by atoms with Crippen LogP contribution in [-0.2, 0) is 14.8 Å². The van der Waals surface area contributed by atoms with E-state index in [1.165, 1.54) is 12.1 Å². The Balaban J connectivity index is 1.43. The van der Waals surface area contributed by atoms with Gasteiger partial charge >= 0.3 is 0 Å². The molecule has 1 fully saturated rings. The van der Waals surface area contributed by atoms with Crippen molar-refractivity contribution in [3.63, 3.8) is 0 Å². The van der Waals surface area contributed by atoms with E-state index in [0.717, 1.165) is 21.1 Å². The highest BCUT2D eigenvalue weighted by molar-refractivity contribution is 7.92. The van der Waals surface area contributed by atoms with Crippen molar-refractivity contribution in [3.8, 4) is 11.3 Å². The molecule has 3 aromatic carbocycles. The Bertz CT molecular complexity index is 1560. The fourth-order valence-corrected chi connectivity index (χ4v) is 5.41. The number of hydrogen-bond donors (Lipinski definition) is 1. The van der Waals surface area contributed by atoms with Gasteiger partial charge in [-0.1, -0.05) is 35.9 Å². The van der Waals surface area contributed by atoms with Gasteiger partial charge in [-0.2, -0.15) is 0 Å². The lowest BCUT2D eigenvalue weighted by atomic mass is 10.0. The van der Waals surface area contributed by atoms with Crippen LogP contribution in [0, 0.1) is 5.82 Å². The van der Waals surface area contributed by atoms with E-state index >= 15 is 0 Å². The molecule has 0 saturated carbocycles. The van der Waals surface area contributed by atoms with Crippen LogP contribution in [0.1, 0.15) is 10.4 Å². The standard InChI is InChI=1S/C25H19ClFN3O4S/c26-22-8-5-17(13-21(22)24-19-4-2-1-3-16(19)9-10-28-24)29-25(31)20-7-6-18(14-23(20)27)30-11-12-34-15-35(30,32)33/h1-10,13-14H,11-12,15H2,(H,29,31). The Morgan fingerprint density at radius 3 is 2.71 bits per heavy atom. The van der Waals surface area contributed by atoms with Gasteiger partial charge in [0.1, 0.15) is 5.82 Å². The summed E-state index contributed by atoms with van der Waals surface area (Å²) in [6, 6.07) is 18.3. The summed E-state index contributed by atoms with van der Waals surface area (Å²) in [5, 5.41) is 5.03. The first-order chi connectivity index (χ1) is 16.8. The van der Waals surface area contributed by atoms with Gasteiger partial charge in [0.2, 0.25) is 0 Å². The normalized spacial score (nSPS) is 15.2. The van der Waals surface area contributed by atoms with E-state index in [0.29, 0.717) is 22.0 Å². The topological polar surface area (TPSA) is 88.6 Å². The maximum Gasteiger partial charge on any atom is 0.259 e. The van der Waals surface area contributed by atoms with Gasteiger partial charge in [-0.3, -0.25) is 14.1 Å². The number of carbonyl (C=O) groups is 1. The van der Waals surface area contributed by atoms with Crippen LogP contribution in [0.2, 0.25) is 5.02 Å². The molecule has 35 heavy (non-hydrogen) atoms. The summed E-state index contributed by atoms with van der Waals surface area (Å²) in [4.78, 5) is 17.3. The number of pyridine rings is 1. The Labute approximate surface area is 206 Å². The molecule has 5 rings (SSSR count). The van der Waals surface area contributed by atoms with Gasteiger partial charge in [0.05, 0.1) is 35.1 Å². The van der Waals surface area contributed by atoms with Crippen LogP contribution < -0.4 is 9.62 Å². The first kappa shape index (κ1) is 23.2. The van der Waals surface area contributed by atoms with Crippen molar-refractivity contribution in [2.45, 2.75) is 0 Å². The summed E-state index contributed by atoms with van der Waals surface area (Å²) >= 11 is 6.45.